The molecule has 0 spiro atoms. The molecule has 0 saturated carbocycles. The number of nitrogens with one attached hydrogen (secondary N) is 1. The summed E-state index contributed by atoms with van der Waals surface area (Å²) in [6.45, 7) is 0.879. The van der Waals surface area contributed by atoms with Gasteiger partial charge in [0.25, 0.3) is 5.91 Å². The van der Waals surface area contributed by atoms with Crippen molar-refractivity contribution in [3.63, 3.8) is 0 Å². The van der Waals surface area contributed by atoms with Crippen LogP contribution in [-0.4, -0.2) is 15.7 Å². The number of halogens is 2. The van der Waals surface area contributed by atoms with Crippen molar-refractivity contribution in [1.29, 1.82) is 0 Å². The molecule has 0 radical (unpaired) electrons. The van der Waals surface area contributed by atoms with Crippen LogP contribution in [0.2, 0.25) is 10.0 Å². The van der Waals surface area contributed by atoms with Crippen LogP contribution in [0, 0.1) is 0 Å². The molecule has 3 heterocycles. The molecule has 0 fully saturated rings. The van der Waals surface area contributed by atoms with Gasteiger partial charge in [-0.15, -0.1) is 11.3 Å². The molecule has 0 atom stereocenters. The minimum absolute atomic E-state index is 0.184. The van der Waals surface area contributed by atoms with Crippen LogP contribution in [0.25, 0.3) is 10.4 Å². The first-order chi connectivity index (χ1) is 14.6. The van der Waals surface area contributed by atoms with Crippen LogP contribution >= 0.6 is 34.5 Å². The molecular weight excluding hydrogens is 441 g/mol. The first-order valence-electron chi connectivity index (χ1n) is 9.20. The van der Waals surface area contributed by atoms with E-state index in [4.69, 9.17) is 27.9 Å². The SMILES string of the molecule is O=C(Nc1ccnn1Cc1ccc(Cl)cc1Cl)c1cc2c(s1)-c1ccccc1OC2. The number of thiophene rings is 1. The highest BCUT2D eigenvalue weighted by molar-refractivity contribution is 7.17. The van der Waals surface area contributed by atoms with Gasteiger partial charge >= 0.3 is 0 Å². The number of anilines is 1. The fourth-order valence-corrected chi connectivity index (χ4v) is 4.93. The Kier molecular flexibility index (Phi) is 4.98. The van der Waals surface area contributed by atoms with Crippen LogP contribution in [0.1, 0.15) is 20.8 Å². The maximum absolute atomic E-state index is 12.9. The lowest BCUT2D eigenvalue weighted by molar-refractivity contribution is 0.102. The topological polar surface area (TPSA) is 56.2 Å². The number of amides is 1. The summed E-state index contributed by atoms with van der Waals surface area (Å²) >= 11 is 13.7. The molecular formula is C22H15Cl2N3O2S. The summed E-state index contributed by atoms with van der Waals surface area (Å²) in [4.78, 5) is 14.6. The molecule has 0 bridgehead atoms. The number of rotatable bonds is 4. The Balaban J connectivity index is 1.38. The first kappa shape index (κ1) is 19.2. The summed E-state index contributed by atoms with van der Waals surface area (Å²) in [5, 5.41) is 8.39. The number of hydrogen-bond acceptors (Lipinski definition) is 4. The fraction of sp³-hybridized carbons (Fsp3) is 0.0909. The van der Waals surface area contributed by atoms with Gasteiger partial charge in [0.2, 0.25) is 0 Å². The van der Waals surface area contributed by atoms with Crippen molar-refractivity contribution < 1.29 is 9.53 Å². The summed E-state index contributed by atoms with van der Waals surface area (Å²) in [7, 11) is 0. The standard InChI is InChI=1S/C22H15Cl2N3O2S/c23-15-6-5-13(17(24)10-15)11-27-20(7-8-25-27)26-22(28)19-9-14-12-29-18-4-2-1-3-16(18)21(14)30-19/h1-10H,11-12H2,(H,26,28). The van der Waals surface area contributed by atoms with Crippen LogP contribution in [0.15, 0.2) is 60.8 Å². The second-order valence-corrected chi connectivity index (χ2v) is 8.71. The molecule has 1 aliphatic heterocycles. The zero-order valence-corrected chi connectivity index (χ0v) is 17.9. The van der Waals surface area contributed by atoms with Crippen molar-refractivity contribution >= 4 is 46.3 Å². The molecule has 1 N–H and O–H groups in total. The van der Waals surface area contributed by atoms with E-state index in [9.17, 15) is 4.79 Å². The largest absolute Gasteiger partial charge is 0.488 e. The van der Waals surface area contributed by atoms with Gasteiger partial charge in [-0.25, -0.2) is 4.68 Å². The van der Waals surface area contributed by atoms with Gasteiger partial charge in [0.1, 0.15) is 18.2 Å². The molecule has 1 amide bonds. The Morgan fingerprint density at radius 1 is 1.17 bits per heavy atom. The number of hydrogen-bond donors (Lipinski definition) is 1. The maximum atomic E-state index is 12.9. The molecule has 5 nitrogen and oxygen atoms in total. The Morgan fingerprint density at radius 2 is 2.03 bits per heavy atom. The molecule has 30 heavy (non-hydrogen) atoms. The predicted molar refractivity (Wildman–Crippen MR) is 120 cm³/mol. The zero-order valence-electron chi connectivity index (χ0n) is 15.6. The lowest BCUT2D eigenvalue weighted by atomic mass is 10.1. The van der Waals surface area contributed by atoms with Crippen LogP contribution in [0.4, 0.5) is 5.82 Å². The lowest BCUT2D eigenvalue weighted by Gasteiger charge is -2.16. The number of carbonyl (C=O) groups excluding carboxylic acids is 1. The number of ether oxygens (including phenoxy) is 1. The molecule has 0 unspecified atom stereocenters. The highest BCUT2D eigenvalue weighted by atomic mass is 35.5. The highest BCUT2D eigenvalue weighted by Gasteiger charge is 2.23. The molecule has 1 aliphatic rings. The van der Waals surface area contributed by atoms with Gasteiger partial charge in [0.15, 0.2) is 0 Å². The second-order valence-electron chi connectivity index (χ2n) is 6.81. The molecule has 2 aromatic heterocycles. The average Bonchev–Trinajstić information content (AvgIpc) is 3.37. The zero-order chi connectivity index (χ0) is 20.7. The van der Waals surface area contributed by atoms with E-state index in [1.165, 1.54) is 11.3 Å². The summed E-state index contributed by atoms with van der Waals surface area (Å²) in [6, 6.07) is 16.8. The van der Waals surface area contributed by atoms with E-state index in [1.54, 1.807) is 29.1 Å². The smallest absolute Gasteiger partial charge is 0.266 e. The van der Waals surface area contributed by atoms with Gasteiger partial charge in [-0.1, -0.05) is 41.4 Å². The minimum Gasteiger partial charge on any atom is -0.488 e. The number of carbonyl (C=O) groups is 1. The summed E-state index contributed by atoms with van der Waals surface area (Å²) < 4.78 is 7.49. The molecule has 150 valence electrons. The van der Waals surface area contributed by atoms with Crippen molar-refractivity contribution in [3.8, 4) is 16.2 Å². The normalized spacial score (nSPS) is 12.1. The lowest BCUT2D eigenvalue weighted by Crippen LogP contribution is -2.15. The number of fused-ring (bicyclic) bond motifs is 3. The van der Waals surface area contributed by atoms with Gasteiger partial charge in [-0.3, -0.25) is 4.79 Å². The number of nitrogens with zero attached hydrogens (tertiary/aromatic N) is 2. The Labute approximate surface area is 186 Å². The van der Waals surface area contributed by atoms with Gasteiger partial charge < -0.3 is 10.1 Å². The number of para-hydroxylation sites is 1. The van der Waals surface area contributed by atoms with E-state index in [1.807, 2.05) is 36.4 Å². The first-order valence-corrected chi connectivity index (χ1v) is 10.8. The van der Waals surface area contributed by atoms with Gasteiger partial charge in [-0.05, 0) is 35.9 Å². The molecule has 5 rings (SSSR count). The monoisotopic (exact) mass is 455 g/mol. The van der Waals surface area contributed by atoms with Crippen molar-refractivity contribution in [3.05, 3.63) is 86.8 Å². The van der Waals surface area contributed by atoms with E-state index in [0.29, 0.717) is 33.9 Å². The van der Waals surface area contributed by atoms with E-state index in [0.717, 1.165) is 27.3 Å². The second kappa shape index (κ2) is 7.80. The van der Waals surface area contributed by atoms with Crippen LogP contribution < -0.4 is 10.1 Å². The third kappa shape index (κ3) is 3.58. The van der Waals surface area contributed by atoms with E-state index >= 15 is 0 Å². The molecule has 4 aromatic rings. The van der Waals surface area contributed by atoms with Gasteiger partial charge in [0.05, 0.1) is 17.6 Å². The predicted octanol–water partition coefficient (Wildman–Crippen LogP) is 6.11. The number of benzene rings is 2. The molecule has 0 saturated heterocycles. The van der Waals surface area contributed by atoms with Crippen molar-refractivity contribution in [1.82, 2.24) is 9.78 Å². The molecule has 2 aromatic carbocycles. The summed E-state index contributed by atoms with van der Waals surface area (Å²) in [6.07, 6.45) is 1.64. The Bertz CT molecular complexity index is 1270. The Hall–Kier alpha value is -2.80. The average molecular weight is 456 g/mol. The quantitative estimate of drug-likeness (QED) is 0.403. The van der Waals surface area contributed by atoms with Crippen LogP contribution in [-0.2, 0) is 13.2 Å². The summed E-state index contributed by atoms with van der Waals surface area (Å²) in [5.74, 6) is 1.25. The van der Waals surface area contributed by atoms with Crippen LogP contribution in [0.3, 0.4) is 0 Å². The van der Waals surface area contributed by atoms with Crippen LogP contribution in [0.5, 0.6) is 5.75 Å². The Morgan fingerprint density at radius 3 is 2.90 bits per heavy atom. The summed E-state index contributed by atoms with van der Waals surface area (Å²) in [5.41, 5.74) is 2.90. The van der Waals surface area contributed by atoms with E-state index < -0.39 is 0 Å². The van der Waals surface area contributed by atoms with Gasteiger partial charge in [0, 0.05) is 32.1 Å². The van der Waals surface area contributed by atoms with Crippen molar-refractivity contribution in [2.45, 2.75) is 13.2 Å². The van der Waals surface area contributed by atoms with Crippen molar-refractivity contribution in [2.75, 3.05) is 5.32 Å². The minimum atomic E-state index is -0.184. The maximum Gasteiger partial charge on any atom is 0.266 e. The van der Waals surface area contributed by atoms with Crippen molar-refractivity contribution in [2.24, 2.45) is 0 Å². The van der Waals surface area contributed by atoms with Gasteiger partial charge in [-0.2, -0.15) is 5.10 Å². The van der Waals surface area contributed by atoms with E-state index in [-0.39, 0.29) is 5.91 Å². The molecule has 0 aliphatic carbocycles. The third-order valence-corrected chi connectivity index (χ3v) is 6.64. The van der Waals surface area contributed by atoms with E-state index in [2.05, 4.69) is 10.4 Å². The molecule has 8 heteroatoms. The highest BCUT2D eigenvalue weighted by Crippen LogP contribution is 2.42. The third-order valence-electron chi connectivity index (χ3n) is 4.84. The number of aromatic nitrogens is 2. The fourth-order valence-electron chi connectivity index (χ4n) is 3.37.